The van der Waals surface area contributed by atoms with E-state index in [1.807, 2.05) is 0 Å². The van der Waals surface area contributed by atoms with Crippen molar-refractivity contribution in [3.05, 3.63) is 35.9 Å². The quantitative estimate of drug-likeness (QED) is 0.864. The highest BCUT2D eigenvalue weighted by atomic mass is 15.2. The van der Waals surface area contributed by atoms with E-state index in [0.29, 0.717) is 6.04 Å². The predicted molar refractivity (Wildman–Crippen MR) is 73.0 cm³/mol. The fraction of sp³-hybridized carbons (Fsp3) is 0.600. The zero-order chi connectivity index (χ0) is 12.3. The van der Waals surface area contributed by atoms with Crippen LogP contribution in [0.5, 0.6) is 0 Å². The van der Waals surface area contributed by atoms with Gasteiger partial charge in [-0.25, -0.2) is 0 Å². The fourth-order valence-electron chi connectivity index (χ4n) is 2.59. The number of nitrogens with zero attached hydrogens (tertiary/aromatic N) is 1. The van der Waals surface area contributed by atoms with E-state index in [0.717, 1.165) is 25.9 Å². The van der Waals surface area contributed by atoms with Crippen molar-refractivity contribution < 1.29 is 0 Å². The minimum absolute atomic E-state index is 0.268. The van der Waals surface area contributed by atoms with Gasteiger partial charge in [0, 0.05) is 24.7 Å². The highest BCUT2D eigenvalue weighted by molar-refractivity contribution is 5.15. The lowest BCUT2D eigenvalue weighted by Crippen LogP contribution is -2.43. The normalized spacial score (nSPS) is 21.9. The third kappa shape index (κ3) is 3.30. The Morgan fingerprint density at radius 1 is 1.29 bits per heavy atom. The number of rotatable bonds is 4. The van der Waals surface area contributed by atoms with E-state index in [1.165, 1.54) is 12.0 Å². The van der Waals surface area contributed by atoms with E-state index in [2.05, 4.69) is 49.1 Å². The van der Waals surface area contributed by atoms with Crippen molar-refractivity contribution in [3.8, 4) is 0 Å². The van der Waals surface area contributed by atoms with Crippen molar-refractivity contribution in [1.29, 1.82) is 0 Å². The van der Waals surface area contributed by atoms with Gasteiger partial charge in [-0.1, -0.05) is 30.3 Å². The van der Waals surface area contributed by atoms with Crippen LogP contribution in [0.15, 0.2) is 30.3 Å². The van der Waals surface area contributed by atoms with Crippen LogP contribution in [0.3, 0.4) is 0 Å². The van der Waals surface area contributed by atoms with E-state index in [4.69, 9.17) is 5.73 Å². The Labute approximate surface area is 105 Å². The average molecular weight is 232 g/mol. The first kappa shape index (κ1) is 12.6. The SMILES string of the molecule is CC(C)(CCc1ccccc1)N1CCC(N)C1. The topological polar surface area (TPSA) is 29.3 Å². The lowest BCUT2D eigenvalue weighted by atomic mass is 9.93. The highest BCUT2D eigenvalue weighted by Crippen LogP contribution is 2.25. The van der Waals surface area contributed by atoms with E-state index in [1.54, 1.807) is 0 Å². The zero-order valence-corrected chi connectivity index (χ0v) is 11.0. The molecule has 2 nitrogen and oxygen atoms in total. The van der Waals surface area contributed by atoms with E-state index < -0.39 is 0 Å². The number of likely N-dealkylation sites (tertiary alicyclic amines) is 1. The van der Waals surface area contributed by atoms with E-state index >= 15 is 0 Å². The first-order valence-electron chi connectivity index (χ1n) is 6.62. The Balaban J connectivity index is 1.89. The summed E-state index contributed by atoms with van der Waals surface area (Å²) in [5.41, 5.74) is 7.69. The summed E-state index contributed by atoms with van der Waals surface area (Å²) in [6.07, 6.45) is 3.50. The second-order valence-electron chi connectivity index (χ2n) is 5.79. The Bertz CT molecular complexity index is 345. The molecule has 1 saturated heterocycles. The second kappa shape index (κ2) is 5.19. The molecule has 1 fully saturated rings. The maximum atomic E-state index is 5.99. The van der Waals surface area contributed by atoms with Gasteiger partial charge in [-0.15, -0.1) is 0 Å². The predicted octanol–water partition coefficient (Wildman–Crippen LogP) is 2.43. The van der Waals surface area contributed by atoms with Gasteiger partial charge in [0.15, 0.2) is 0 Å². The molecule has 1 aromatic rings. The summed E-state index contributed by atoms with van der Waals surface area (Å²) in [4.78, 5) is 2.54. The Kier molecular flexibility index (Phi) is 3.85. The molecule has 2 N–H and O–H groups in total. The van der Waals surface area contributed by atoms with Gasteiger partial charge in [0.05, 0.1) is 0 Å². The number of hydrogen-bond donors (Lipinski definition) is 1. The molecule has 0 amide bonds. The summed E-state index contributed by atoms with van der Waals surface area (Å²) in [6, 6.07) is 11.1. The van der Waals surface area contributed by atoms with Crippen LogP contribution in [0.4, 0.5) is 0 Å². The molecule has 2 heteroatoms. The van der Waals surface area contributed by atoms with Crippen LogP contribution in [0, 0.1) is 0 Å². The molecular formula is C15H24N2. The van der Waals surface area contributed by atoms with Crippen LogP contribution in [0.1, 0.15) is 32.3 Å². The molecule has 17 heavy (non-hydrogen) atoms. The molecule has 0 aromatic heterocycles. The first-order valence-corrected chi connectivity index (χ1v) is 6.62. The average Bonchev–Trinajstić information content (AvgIpc) is 2.76. The van der Waals surface area contributed by atoms with Crippen molar-refractivity contribution in [2.45, 2.75) is 44.7 Å². The molecule has 1 unspecified atom stereocenters. The molecule has 1 aromatic carbocycles. The molecular weight excluding hydrogens is 208 g/mol. The standard InChI is InChI=1S/C15H24N2/c1-15(2,17-11-9-14(16)12-17)10-8-13-6-4-3-5-7-13/h3-7,14H,8-12,16H2,1-2H3. The second-order valence-corrected chi connectivity index (χ2v) is 5.79. The van der Waals surface area contributed by atoms with Gasteiger partial charge in [0.25, 0.3) is 0 Å². The summed E-state index contributed by atoms with van der Waals surface area (Å²) >= 11 is 0. The summed E-state index contributed by atoms with van der Waals surface area (Å²) in [7, 11) is 0. The third-order valence-electron chi connectivity index (χ3n) is 3.95. The molecule has 0 spiro atoms. The third-order valence-corrected chi connectivity index (χ3v) is 3.95. The minimum atomic E-state index is 0.268. The molecule has 0 aliphatic carbocycles. The summed E-state index contributed by atoms with van der Waals surface area (Å²) < 4.78 is 0. The van der Waals surface area contributed by atoms with Crippen LogP contribution < -0.4 is 5.73 Å². The van der Waals surface area contributed by atoms with Crippen LogP contribution >= 0.6 is 0 Å². The molecule has 2 rings (SSSR count). The molecule has 1 heterocycles. The van der Waals surface area contributed by atoms with Crippen molar-refractivity contribution in [2.75, 3.05) is 13.1 Å². The number of nitrogens with two attached hydrogens (primary N) is 1. The summed E-state index contributed by atoms with van der Waals surface area (Å²) in [5.74, 6) is 0. The Morgan fingerprint density at radius 3 is 2.59 bits per heavy atom. The van der Waals surface area contributed by atoms with Gasteiger partial charge in [-0.2, -0.15) is 0 Å². The number of hydrogen-bond acceptors (Lipinski definition) is 2. The number of aryl methyl sites for hydroxylation is 1. The van der Waals surface area contributed by atoms with E-state index in [-0.39, 0.29) is 5.54 Å². The van der Waals surface area contributed by atoms with Crippen molar-refractivity contribution in [1.82, 2.24) is 4.90 Å². The first-order chi connectivity index (χ1) is 8.08. The van der Waals surface area contributed by atoms with Crippen LogP contribution in [0.2, 0.25) is 0 Å². The minimum Gasteiger partial charge on any atom is -0.326 e. The molecule has 1 aliphatic heterocycles. The fourth-order valence-corrected chi connectivity index (χ4v) is 2.59. The monoisotopic (exact) mass is 232 g/mol. The maximum absolute atomic E-state index is 5.99. The maximum Gasteiger partial charge on any atom is 0.0180 e. The molecule has 1 atom stereocenters. The Hall–Kier alpha value is -0.860. The lowest BCUT2D eigenvalue weighted by Gasteiger charge is -2.35. The largest absolute Gasteiger partial charge is 0.326 e. The molecule has 0 bridgehead atoms. The van der Waals surface area contributed by atoms with E-state index in [9.17, 15) is 0 Å². The summed E-state index contributed by atoms with van der Waals surface area (Å²) in [6.45, 7) is 6.90. The van der Waals surface area contributed by atoms with Gasteiger partial charge in [0.1, 0.15) is 0 Å². The molecule has 1 aliphatic rings. The smallest absolute Gasteiger partial charge is 0.0180 e. The van der Waals surface area contributed by atoms with Crippen LogP contribution in [-0.2, 0) is 6.42 Å². The lowest BCUT2D eigenvalue weighted by molar-refractivity contribution is 0.142. The molecule has 94 valence electrons. The Morgan fingerprint density at radius 2 is 2.00 bits per heavy atom. The molecule has 0 radical (unpaired) electrons. The summed E-state index contributed by atoms with van der Waals surface area (Å²) in [5, 5.41) is 0. The van der Waals surface area contributed by atoms with Gasteiger partial charge in [-0.05, 0) is 38.7 Å². The van der Waals surface area contributed by atoms with Gasteiger partial charge in [0.2, 0.25) is 0 Å². The van der Waals surface area contributed by atoms with Crippen LogP contribution in [0.25, 0.3) is 0 Å². The van der Waals surface area contributed by atoms with Crippen molar-refractivity contribution in [3.63, 3.8) is 0 Å². The molecule has 0 saturated carbocycles. The zero-order valence-electron chi connectivity index (χ0n) is 11.0. The van der Waals surface area contributed by atoms with Gasteiger partial charge < -0.3 is 5.73 Å². The van der Waals surface area contributed by atoms with Gasteiger partial charge in [-0.3, -0.25) is 4.90 Å². The van der Waals surface area contributed by atoms with Gasteiger partial charge >= 0.3 is 0 Å². The van der Waals surface area contributed by atoms with Crippen LogP contribution in [-0.4, -0.2) is 29.6 Å². The number of benzene rings is 1. The van der Waals surface area contributed by atoms with Crippen molar-refractivity contribution in [2.24, 2.45) is 5.73 Å². The van der Waals surface area contributed by atoms with Crippen molar-refractivity contribution >= 4 is 0 Å². The highest BCUT2D eigenvalue weighted by Gasteiger charge is 2.31.